The lowest BCUT2D eigenvalue weighted by atomic mass is 10.3. The smallest absolute Gasteiger partial charge is 0.224 e. The van der Waals surface area contributed by atoms with Crippen molar-refractivity contribution < 1.29 is 0 Å². The van der Waals surface area contributed by atoms with Crippen molar-refractivity contribution in [3.05, 3.63) is 23.9 Å². The summed E-state index contributed by atoms with van der Waals surface area (Å²) in [7, 11) is 1.84. The molecule has 0 atom stereocenters. The highest BCUT2D eigenvalue weighted by molar-refractivity contribution is 5.46. The Morgan fingerprint density at radius 2 is 2.11 bits per heavy atom. The zero-order chi connectivity index (χ0) is 13.0. The van der Waals surface area contributed by atoms with Gasteiger partial charge in [0.25, 0.3) is 0 Å². The zero-order valence-corrected chi connectivity index (χ0v) is 10.8. The molecule has 0 aliphatic carbocycles. The Kier molecular flexibility index (Phi) is 3.71. The number of hydrogen-bond donors (Lipinski definition) is 2. The van der Waals surface area contributed by atoms with Gasteiger partial charge < -0.3 is 10.6 Å². The maximum absolute atomic E-state index is 4.39. The van der Waals surface area contributed by atoms with E-state index in [2.05, 4.69) is 30.7 Å². The maximum atomic E-state index is 4.39. The molecule has 2 heterocycles. The fourth-order valence-electron chi connectivity index (χ4n) is 1.49. The summed E-state index contributed by atoms with van der Waals surface area (Å²) in [5.41, 5.74) is 0.993. The second-order valence-electron chi connectivity index (χ2n) is 3.94. The molecule has 96 valence electrons. The van der Waals surface area contributed by atoms with Gasteiger partial charge in [-0.05, 0) is 13.8 Å². The summed E-state index contributed by atoms with van der Waals surface area (Å²) in [5, 5.41) is 10.5. The molecule has 2 aromatic rings. The predicted octanol–water partition coefficient (Wildman–Crippen LogP) is 0.957. The summed E-state index contributed by atoms with van der Waals surface area (Å²) in [5.74, 6) is 2.16. The van der Waals surface area contributed by atoms with E-state index in [1.54, 1.807) is 17.2 Å². The van der Waals surface area contributed by atoms with Gasteiger partial charge in [0, 0.05) is 25.4 Å². The Hall–Kier alpha value is -2.18. The molecule has 0 aromatic carbocycles. The molecular formula is C11H17N7. The van der Waals surface area contributed by atoms with Crippen molar-refractivity contribution in [2.75, 3.05) is 17.2 Å². The minimum atomic E-state index is 0.546. The molecule has 0 unspecified atom stereocenters. The third-order valence-corrected chi connectivity index (χ3v) is 2.37. The molecule has 0 bridgehead atoms. The Morgan fingerprint density at radius 1 is 1.28 bits per heavy atom. The van der Waals surface area contributed by atoms with Crippen molar-refractivity contribution in [2.24, 2.45) is 7.05 Å². The molecule has 2 N–H and O–H groups in total. The fraction of sp³-hybridized carbons (Fsp3) is 0.455. The topological polar surface area (TPSA) is 80.5 Å². The van der Waals surface area contributed by atoms with E-state index in [-0.39, 0.29) is 0 Å². The second kappa shape index (κ2) is 5.44. The molecule has 7 heteroatoms. The van der Waals surface area contributed by atoms with Crippen molar-refractivity contribution in [1.82, 2.24) is 24.7 Å². The van der Waals surface area contributed by atoms with Crippen LogP contribution >= 0.6 is 0 Å². The van der Waals surface area contributed by atoms with Crippen LogP contribution in [0.25, 0.3) is 0 Å². The molecule has 0 aliphatic heterocycles. The molecular weight excluding hydrogens is 230 g/mol. The number of nitrogens with zero attached hydrogens (tertiary/aromatic N) is 5. The average Bonchev–Trinajstić information content (AvgIpc) is 2.76. The van der Waals surface area contributed by atoms with Crippen LogP contribution in [0.4, 0.5) is 11.8 Å². The highest BCUT2D eigenvalue weighted by atomic mass is 15.3. The lowest BCUT2D eigenvalue weighted by Gasteiger charge is -2.08. The first-order valence-electron chi connectivity index (χ1n) is 5.85. The minimum absolute atomic E-state index is 0.546. The Balaban J connectivity index is 2.05. The molecule has 0 amide bonds. The van der Waals surface area contributed by atoms with Crippen LogP contribution in [0.2, 0.25) is 0 Å². The van der Waals surface area contributed by atoms with Crippen molar-refractivity contribution in [3.8, 4) is 0 Å². The van der Waals surface area contributed by atoms with Crippen LogP contribution in [0.1, 0.15) is 18.3 Å². The molecule has 0 spiro atoms. The molecule has 0 saturated carbocycles. The standard InChI is InChI=1S/C11H17N7/c1-4-12-11-14-5-8(2)10(16-11)13-6-9-15-7-18(3)17-9/h5,7H,4,6H2,1-3H3,(H2,12,13,14,16). The molecule has 18 heavy (non-hydrogen) atoms. The maximum Gasteiger partial charge on any atom is 0.224 e. The number of aryl methyl sites for hydroxylation is 2. The number of anilines is 2. The van der Waals surface area contributed by atoms with Gasteiger partial charge in [-0.3, -0.25) is 4.68 Å². The van der Waals surface area contributed by atoms with Gasteiger partial charge in [0.05, 0.1) is 6.54 Å². The average molecular weight is 247 g/mol. The summed E-state index contributed by atoms with van der Waals surface area (Å²) in [6.45, 7) is 5.31. The largest absolute Gasteiger partial charge is 0.362 e. The molecule has 0 aliphatic rings. The number of rotatable bonds is 5. The van der Waals surface area contributed by atoms with Crippen LogP contribution in [0.5, 0.6) is 0 Å². The summed E-state index contributed by atoms with van der Waals surface area (Å²) in [4.78, 5) is 12.7. The van der Waals surface area contributed by atoms with Gasteiger partial charge in [0.15, 0.2) is 5.82 Å². The first kappa shape index (κ1) is 12.3. The lowest BCUT2D eigenvalue weighted by Crippen LogP contribution is -2.09. The zero-order valence-electron chi connectivity index (χ0n) is 10.8. The van der Waals surface area contributed by atoms with Crippen LogP contribution in [-0.2, 0) is 13.6 Å². The number of hydrogen-bond acceptors (Lipinski definition) is 6. The van der Waals surface area contributed by atoms with E-state index in [1.807, 2.05) is 20.9 Å². The van der Waals surface area contributed by atoms with E-state index >= 15 is 0 Å². The van der Waals surface area contributed by atoms with Crippen molar-refractivity contribution in [3.63, 3.8) is 0 Å². The molecule has 2 aromatic heterocycles. The van der Waals surface area contributed by atoms with E-state index in [4.69, 9.17) is 0 Å². The molecule has 0 fully saturated rings. The highest BCUT2D eigenvalue weighted by Gasteiger charge is 2.04. The van der Waals surface area contributed by atoms with Gasteiger partial charge in [0.2, 0.25) is 5.95 Å². The normalized spacial score (nSPS) is 10.4. The van der Waals surface area contributed by atoms with Gasteiger partial charge >= 0.3 is 0 Å². The van der Waals surface area contributed by atoms with Gasteiger partial charge in [-0.2, -0.15) is 10.1 Å². The van der Waals surface area contributed by atoms with Crippen LogP contribution in [0.3, 0.4) is 0 Å². The lowest BCUT2D eigenvalue weighted by molar-refractivity contribution is 0.746. The van der Waals surface area contributed by atoms with E-state index in [0.29, 0.717) is 12.5 Å². The van der Waals surface area contributed by atoms with Gasteiger partial charge in [-0.25, -0.2) is 9.97 Å². The van der Waals surface area contributed by atoms with E-state index in [9.17, 15) is 0 Å². The van der Waals surface area contributed by atoms with Crippen LogP contribution < -0.4 is 10.6 Å². The first-order chi connectivity index (χ1) is 8.69. The van der Waals surface area contributed by atoms with E-state index < -0.39 is 0 Å². The Labute approximate surface area is 106 Å². The summed E-state index contributed by atoms with van der Waals surface area (Å²) >= 11 is 0. The second-order valence-corrected chi connectivity index (χ2v) is 3.94. The van der Waals surface area contributed by atoms with Crippen LogP contribution in [0, 0.1) is 6.92 Å². The molecule has 0 saturated heterocycles. The third-order valence-electron chi connectivity index (χ3n) is 2.37. The fourth-order valence-corrected chi connectivity index (χ4v) is 1.49. The summed E-state index contributed by atoms with van der Waals surface area (Å²) in [6.07, 6.45) is 3.47. The SMILES string of the molecule is CCNc1ncc(C)c(NCc2ncn(C)n2)n1. The predicted molar refractivity (Wildman–Crippen MR) is 69.3 cm³/mol. The van der Waals surface area contributed by atoms with Gasteiger partial charge in [-0.15, -0.1) is 0 Å². The monoisotopic (exact) mass is 247 g/mol. The third kappa shape index (κ3) is 2.93. The van der Waals surface area contributed by atoms with E-state index in [0.717, 1.165) is 23.8 Å². The molecule has 0 radical (unpaired) electrons. The minimum Gasteiger partial charge on any atom is -0.362 e. The van der Waals surface area contributed by atoms with E-state index in [1.165, 1.54) is 0 Å². The van der Waals surface area contributed by atoms with Gasteiger partial charge in [-0.1, -0.05) is 0 Å². The van der Waals surface area contributed by atoms with Crippen LogP contribution in [0.15, 0.2) is 12.5 Å². The summed E-state index contributed by atoms with van der Waals surface area (Å²) < 4.78 is 1.67. The number of nitrogens with one attached hydrogen (secondary N) is 2. The quantitative estimate of drug-likeness (QED) is 0.819. The highest BCUT2D eigenvalue weighted by Crippen LogP contribution is 2.12. The molecule has 7 nitrogen and oxygen atoms in total. The van der Waals surface area contributed by atoms with Crippen molar-refractivity contribution in [2.45, 2.75) is 20.4 Å². The Morgan fingerprint density at radius 3 is 2.78 bits per heavy atom. The first-order valence-corrected chi connectivity index (χ1v) is 5.85. The number of aromatic nitrogens is 5. The molecule has 2 rings (SSSR count). The van der Waals surface area contributed by atoms with Crippen molar-refractivity contribution in [1.29, 1.82) is 0 Å². The van der Waals surface area contributed by atoms with Crippen molar-refractivity contribution >= 4 is 11.8 Å². The summed E-state index contributed by atoms with van der Waals surface area (Å²) in [6, 6.07) is 0. The van der Waals surface area contributed by atoms with Gasteiger partial charge in [0.1, 0.15) is 12.1 Å². The van der Waals surface area contributed by atoms with Crippen LogP contribution in [-0.4, -0.2) is 31.3 Å². The Bertz CT molecular complexity index is 520.